The van der Waals surface area contributed by atoms with E-state index in [1.165, 1.54) is 0 Å². The molecule has 0 saturated carbocycles. The molecule has 102 valence electrons. The van der Waals surface area contributed by atoms with Crippen LogP contribution in [0.15, 0.2) is 28.7 Å². The quantitative estimate of drug-likeness (QED) is 0.763. The summed E-state index contributed by atoms with van der Waals surface area (Å²) in [5, 5.41) is 0. The molecule has 0 bridgehead atoms. The number of carbonyl (C=O) groups excluding carboxylic acids is 1. The predicted molar refractivity (Wildman–Crippen MR) is 81.8 cm³/mol. The van der Waals surface area contributed by atoms with Crippen molar-refractivity contribution in [3.05, 3.63) is 34.3 Å². The number of carbonyl (C=O) groups is 1. The molecule has 2 unspecified atom stereocenters. The lowest BCUT2D eigenvalue weighted by atomic mass is 9.81. The van der Waals surface area contributed by atoms with Crippen LogP contribution in [0.5, 0.6) is 0 Å². The topological polar surface area (TPSA) is 26.3 Å². The van der Waals surface area contributed by atoms with E-state index in [1.807, 2.05) is 36.0 Å². The first-order valence-electron chi connectivity index (χ1n) is 6.71. The molecular weight excluding hydrogens is 324 g/mol. The zero-order valence-corrected chi connectivity index (χ0v) is 13.1. The number of thioether (sulfide) groups is 1. The number of hydrogen-bond donors (Lipinski definition) is 0. The monoisotopic (exact) mass is 340 g/mol. The highest BCUT2D eigenvalue weighted by molar-refractivity contribution is 9.10. The molecule has 3 rings (SSSR count). The molecule has 0 amide bonds. The van der Waals surface area contributed by atoms with Gasteiger partial charge in [0, 0.05) is 28.3 Å². The molecule has 19 heavy (non-hydrogen) atoms. The van der Waals surface area contributed by atoms with E-state index >= 15 is 0 Å². The summed E-state index contributed by atoms with van der Waals surface area (Å²) in [6.07, 6.45) is 2.84. The first-order valence-corrected chi connectivity index (χ1v) is 8.65. The van der Waals surface area contributed by atoms with E-state index in [0.29, 0.717) is 0 Å². The number of ether oxygens (including phenoxy) is 1. The van der Waals surface area contributed by atoms with Crippen LogP contribution < -0.4 is 0 Å². The van der Waals surface area contributed by atoms with Gasteiger partial charge in [-0.15, -0.1) is 0 Å². The van der Waals surface area contributed by atoms with Gasteiger partial charge in [-0.05, 0) is 31.1 Å². The Balaban J connectivity index is 1.78. The Morgan fingerprint density at radius 3 is 3.00 bits per heavy atom. The Labute approximate surface area is 126 Å². The van der Waals surface area contributed by atoms with Crippen LogP contribution in [0.3, 0.4) is 0 Å². The van der Waals surface area contributed by atoms with E-state index in [1.54, 1.807) is 0 Å². The minimum absolute atomic E-state index is 0.0233. The van der Waals surface area contributed by atoms with E-state index < -0.39 is 0 Å². The first kappa shape index (κ1) is 13.7. The van der Waals surface area contributed by atoms with Crippen molar-refractivity contribution in [2.45, 2.75) is 24.9 Å². The van der Waals surface area contributed by atoms with Crippen molar-refractivity contribution in [2.75, 3.05) is 18.1 Å². The Bertz CT molecular complexity index is 483. The smallest absolute Gasteiger partial charge is 0.167 e. The summed E-state index contributed by atoms with van der Waals surface area (Å²) in [5.41, 5.74) is 0.792. The van der Waals surface area contributed by atoms with Crippen LogP contribution in [-0.2, 0) is 4.74 Å². The number of halogens is 1. The molecule has 2 aliphatic heterocycles. The van der Waals surface area contributed by atoms with Crippen LogP contribution in [0.25, 0.3) is 0 Å². The lowest BCUT2D eigenvalue weighted by Gasteiger charge is -2.37. The molecule has 4 heteroatoms. The SMILES string of the molecule is O=C(c1ccccc1Br)C1CCOC2(CCSC2)C1. The summed E-state index contributed by atoms with van der Waals surface area (Å²) in [4.78, 5) is 12.7. The molecule has 1 aromatic rings. The number of rotatable bonds is 2. The van der Waals surface area contributed by atoms with Crippen LogP contribution in [0.4, 0.5) is 0 Å². The van der Waals surface area contributed by atoms with Crippen molar-refractivity contribution in [3.8, 4) is 0 Å². The second-order valence-electron chi connectivity index (χ2n) is 5.37. The molecule has 2 aliphatic rings. The normalized spacial score (nSPS) is 30.7. The van der Waals surface area contributed by atoms with Crippen LogP contribution in [-0.4, -0.2) is 29.5 Å². The first-order chi connectivity index (χ1) is 9.20. The maximum atomic E-state index is 12.7. The molecule has 0 radical (unpaired) electrons. The third-order valence-corrected chi connectivity index (χ3v) is 5.98. The molecule has 2 saturated heterocycles. The number of benzene rings is 1. The van der Waals surface area contributed by atoms with Gasteiger partial charge in [-0.25, -0.2) is 0 Å². The van der Waals surface area contributed by atoms with Gasteiger partial charge in [0.2, 0.25) is 0 Å². The lowest BCUT2D eigenvalue weighted by molar-refractivity contribution is -0.0734. The zero-order chi connectivity index (χ0) is 13.3. The molecule has 2 nitrogen and oxygen atoms in total. The minimum Gasteiger partial charge on any atom is -0.374 e. The highest BCUT2D eigenvalue weighted by Gasteiger charge is 2.42. The van der Waals surface area contributed by atoms with Gasteiger partial charge < -0.3 is 4.74 Å². The van der Waals surface area contributed by atoms with Crippen molar-refractivity contribution in [1.29, 1.82) is 0 Å². The Hall–Kier alpha value is -0.320. The molecule has 0 aliphatic carbocycles. The van der Waals surface area contributed by atoms with Crippen LogP contribution in [0.1, 0.15) is 29.6 Å². The van der Waals surface area contributed by atoms with E-state index in [4.69, 9.17) is 4.74 Å². The van der Waals surface area contributed by atoms with Crippen molar-refractivity contribution in [3.63, 3.8) is 0 Å². The molecule has 1 spiro atoms. The molecule has 1 aromatic carbocycles. The van der Waals surface area contributed by atoms with E-state index in [-0.39, 0.29) is 17.3 Å². The third-order valence-electron chi connectivity index (χ3n) is 4.07. The number of ketones is 1. The highest BCUT2D eigenvalue weighted by atomic mass is 79.9. The average Bonchev–Trinajstić information content (AvgIpc) is 2.86. The van der Waals surface area contributed by atoms with E-state index in [9.17, 15) is 4.79 Å². The fourth-order valence-corrected chi connectivity index (χ4v) is 4.85. The fraction of sp³-hybridized carbons (Fsp3) is 0.533. The maximum Gasteiger partial charge on any atom is 0.167 e. The molecular formula is C15H17BrO2S. The van der Waals surface area contributed by atoms with Crippen molar-refractivity contribution >= 4 is 33.5 Å². The maximum absolute atomic E-state index is 12.7. The van der Waals surface area contributed by atoms with E-state index in [2.05, 4.69) is 15.9 Å². The summed E-state index contributed by atoms with van der Waals surface area (Å²) in [6.45, 7) is 0.724. The largest absolute Gasteiger partial charge is 0.374 e. The summed E-state index contributed by atoms with van der Waals surface area (Å²) < 4.78 is 6.89. The second-order valence-corrected chi connectivity index (χ2v) is 7.33. The summed E-state index contributed by atoms with van der Waals surface area (Å²) in [7, 11) is 0. The van der Waals surface area contributed by atoms with Crippen molar-refractivity contribution < 1.29 is 9.53 Å². The predicted octanol–water partition coefficient (Wildman–Crippen LogP) is 3.93. The van der Waals surface area contributed by atoms with Gasteiger partial charge in [-0.1, -0.05) is 34.1 Å². The second kappa shape index (κ2) is 5.58. The van der Waals surface area contributed by atoms with Gasteiger partial charge in [0.1, 0.15) is 0 Å². The zero-order valence-electron chi connectivity index (χ0n) is 10.7. The number of hydrogen-bond acceptors (Lipinski definition) is 3. The van der Waals surface area contributed by atoms with Gasteiger partial charge in [-0.3, -0.25) is 4.79 Å². The van der Waals surface area contributed by atoms with Gasteiger partial charge in [0.15, 0.2) is 5.78 Å². The van der Waals surface area contributed by atoms with Crippen LogP contribution >= 0.6 is 27.7 Å². The minimum atomic E-state index is -0.0233. The Morgan fingerprint density at radius 1 is 1.42 bits per heavy atom. The number of Topliss-reactive ketones (excluding diaryl/α,β-unsaturated/α-hetero) is 1. The fourth-order valence-electron chi connectivity index (χ4n) is 3.00. The van der Waals surface area contributed by atoms with Gasteiger partial charge in [-0.2, -0.15) is 11.8 Å². The molecule has 2 heterocycles. The Kier molecular flexibility index (Phi) is 4.01. The standard InChI is InChI=1S/C15H17BrO2S/c16-13-4-2-1-3-12(13)14(17)11-5-7-18-15(9-11)6-8-19-10-15/h1-4,11H,5-10H2. The lowest BCUT2D eigenvalue weighted by Crippen LogP contribution is -2.42. The molecule has 2 fully saturated rings. The third kappa shape index (κ3) is 2.76. The molecule has 0 N–H and O–H groups in total. The summed E-state index contributed by atoms with van der Waals surface area (Å²) in [5.74, 6) is 2.60. The Morgan fingerprint density at radius 2 is 2.26 bits per heavy atom. The van der Waals surface area contributed by atoms with Crippen LogP contribution in [0.2, 0.25) is 0 Å². The van der Waals surface area contributed by atoms with Gasteiger partial charge in [0.05, 0.1) is 5.60 Å². The van der Waals surface area contributed by atoms with Crippen LogP contribution in [0, 0.1) is 5.92 Å². The molecule has 2 atom stereocenters. The van der Waals surface area contributed by atoms with Crippen molar-refractivity contribution in [1.82, 2.24) is 0 Å². The average molecular weight is 341 g/mol. The van der Waals surface area contributed by atoms with Gasteiger partial charge in [0.25, 0.3) is 0 Å². The van der Waals surface area contributed by atoms with E-state index in [0.717, 1.165) is 47.4 Å². The summed E-state index contributed by atoms with van der Waals surface area (Å²) in [6, 6.07) is 7.73. The summed E-state index contributed by atoms with van der Waals surface area (Å²) >= 11 is 5.43. The molecule has 0 aromatic heterocycles. The van der Waals surface area contributed by atoms with Gasteiger partial charge >= 0.3 is 0 Å². The van der Waals surface area contributed by atoms with Crippen molar-refractivity contribution in [2.24, 2.45) is 5.92 Å². The highest BCUT2D eigenvalue weighted by Crippen LogP contribution is 2.41.